The fourth-order valence-corrected chi connectivity index (χ4v) is 2.96. The topological polar surface area (TPSA) is 32.3 Å². The zero-order valence-electron chi connectivity index (χ0n) is 11.8. The maximum Gasteiger partial charge on any atom is 0.251 e. The van der Waals surface area contributed by atoms with Crippen molar-refractivity contribution in [1.82, 2.24) is 10.2 Å². The Balaban J connectivity index is 1.91. The van der Waals surface area contributed by atoms with Crippen LogP contribution in [0.5, 0.6) is 0 Å². The van der Waals surface area contributed by atoms with Gasteiger partial charge in [-0.15, -0.1) is 0 Å². The number of nitrogens with zero attached hydrogens (tertiary/aromatic N) is 1. The van der Waals surface area contributed by atoms with Gasteiger partial charge in [0.2, 0.25) is 0 Å². The van der Waals surface area contributed by atoms with Crippen LogP contribution in [0, 0.1) is 0 Å². The van der Waals surface area contributed by atoms with Crippen molar-refractivity contribution in [3.8, 4) is 0 Å². The Labute approximate surface area is 133 Å². The highest BCUT2D eigenvalue weighted by Crippen LogP contribution is 2.23. The molecule has 0 aromatic heterocycles. The minimum absolute atomic E-state index is 0.0228. The Morgan fingerprint density at radius 1 is 1.40 bits per heavy atom. The lowest BCUT2D eigenvalue weighted by atomic mass is 10.0. The summed E-state index contributed by atoms with van der Waals surface area (Å²) in [6.45, 7) is 6.52. The number of hydrogen-bond acceptors (Lipinski definition) is 2. The summed E-state index contributed by atoms with van der Waals surface area (Å²) in [6.07, 6.45) is 2.03. The van der Waals surface area contributed by atoms with E-state index in [1.165, 1.54) is 0 Å². The molecule has 0 saturated carbocycles. The van der Waals surface area contributed by atoms with Gasteiger partial charge in [-0.2, -0.15) is 0 Å². The average molecular weight is 360 g/mol. The lowest BCUT2D eigenvalue weighted by Crippen LogP contribution is -2.46. The van der Waals surface area contributed by atoms with Gasteiger partial charge in [-0.3, -0.25) is 4.79 Å². The molecule has 0 atom stereocenters. The zero-order chi connectivity index (χ0) is 14.7. The third-order valence-corrected chi connectivity index (χ3v) is 4.99. The second-order valence-electron chi connectivity index (χ2n) is 5.51. The molecule has 1 aromatic rings. The molecule has 1 aliphatic heterocycles. The van der Waals surface area contributed by atoms with Gasteiger partial charge in [0.25, 0.3) is 5.91 Å². The van der Waals surface area contributed by atoms with Crippen molar-refractivity contribution in [3.63, 3.8) is 0 Å². The molecule has 1 aromatic carbocycles. The number of rotatable bonds is 3. The summed E-state index contributed by atoms with van der Waals surface area (Å²) in [5.74, 6) is -0.0228. The van der Waals surface area contributed by atoms with Gasteiger partial charge in [-0.05, 0) is 60.8 Å². The van der Waals surface area contributed by atoms with E-state index < -0.39 is 0 Å². The second-order valence-corrected chi connectivity index (χ2v) is 6.77. The van der Waals surface area contributed by atoms with Crippen LogP contribution in [0.3, 0.4) is 0 Å². The molecule has 0 bridgehead atoms. The van der Waals surface area contributed by atoms with Crippen molar-refractivity contribution in [2.45, 2.75) is 38.8 Å². The van der Waals surface area contributed by atoms with Crippen LogP contribution in [0.25, 0.3) is 0 Å². The Bertz CT molecular complexity index is 485. The molecular formula is C15H20BrClN2O. The zero-order valence-corrected chi connectivity index (χ0v) is 14.2. The minimum Gasteiger partial charge on any atom is -0.349 e. The van der Waals surface area contributed by atoms with Crippen LogP contribution in [-0.4, -0.2) is 36.0 Å². The number of likely N-dealkylation sites (tertiary alicyclic amines) is 1. The van der Waals surface area contributed by atoms with Crippen molar-refractivity contribution in [3.05, 3.63) is 33.3 Å². The molecule has 1 aliphatic rings. The van der Waals surface area contributed by atoms with E-state index in [1.54, 1.807) is 18.2 Å². The summed E-state index contributed by atoms with van der Waals surface area (Å²) < 4.78 is 0.751. The largest absolute Gasteiger partial charge is 0.349 e. The Kier molecular flexibility index (Phi) is 5.47. The molecule has 20 heavy (non-hydrogen) atoms. The van der Waals surface area contributed by atoms with Crippen molar-refractivity contribution in [1.29, 1.82) is 0 Å². The van der Waals surface area contributed by atoms with Crippen LogP contribution in [-0.2, 0) is 0 Å². The second kappa shape index (κ2) is 6.92. The number of amides is 1. The summed E-state index contributed by atoms with van der Waals surface area (Å²) in [7, 11) is 0. The van der Waals surface area contributed by atoms with E-state index in [1.807, 2.05) is 0 Å². The highest BCUT2D eigenvalue weighted by Gasteiger charge is 2.22. The predicted molar refractivity (Wildman–Crippen MR) is 86.3 cm³/mol. The number of benzene rings is 1. The molecule has 1 amide bonds. The third-order valence-electron chi connectivity index (χ3n) is 3.78. The highest BCUT2D eigenvalue weighted by atomic mass is 79.9. The molecule has 1 heterocycles. The van der Waals surface area contributed by atoms with E-state index in [0.717, 1.165) is 30.4 Å². The summed E-state index contributed by atoms with van der Waals surface area (Å²) in [5, 5.41) is 3.73. The van der Waals surface area contributed by atoms with E-state index in [2.05, 4.69) is 40.0 Å². The first-order chi connectivity index (χ1) is 9.47. The number of carbonyl (C=O) groups excluding carboxylic acids is 1. The maximum atomic E-state index is 12.2. The average Bonchev–Trinajstić information content (AvgIpc) is 2.42. The Morgan fingerprint density at radius 3 is 2.60 bits per heavy atom. The van der Waals surface area contributed by atoms with Gasteiger partial charge in [0, 0.05) is 35.2 Å². The van der Waals surface area contributed by atoms with Crippen molar-refractivity contribution >= 4 is 33.4 Å². The Hall–Kier alpha value is -0.580. The van der Waals surface area contributed by atoms with Gasteiger partial charge in [-0.25, -0.2) is 0 Å². The summed E-state index contributed by atoms with van der Waals surface area (Å²) in [4.78, 5) is 14.6. The summed E-state index contributed by atoms with van der Waals surface area (Å²) >= 11 is 9.28. The van der Waals surface area contributed by atoms with Gasteiger partial charge >= 0.3 is 0 Å². The molecule has 0 aliphatic carbocycles. The van der Waals surface area contributed by atoms with Crippen molar-refractivity contribution in [2.75, 3.05) is 13.1 Å². The van der Waals surface area contributed by atoms with Crippen LogP contribution < -0.4 is 5.32 Å². The smallest absolute Gasteiger partial charge is 0.251 e. The highest BCUT2D eigenvalue weighted by molar-refractivity contribution is 9.10. The number of hydrogen-bond donors (Lipinski definition) is 1. The van der Waals surface area contributed by atoms with Crippen molar-refractivity contribution < 1.29 is 4.79 Å². The summed E-state index contributed by atoms with van der Waals surface area (Å²) in [6, 6.07) is 6.11. The molecule has 110 valence electrons. The maximum absolute atomic E-state index is 12.2. The van der Waals surface area contributed by atoms with Crippen LogP contribution in [0.4, 0.5) is 0 Å². The van der Waals surface area contributed by atoms with E-state index in [9.17, 15) is 4.79 Å². The van der Waals surface area contributed by atoms with Gasteiger partial charge in [0.1, 0.15) is 0 Å². The molecule has 0 radical (unpaired) electrons. The molecule has 1 N–H and O–H groups in total. The molecule has 5 heteroatoms. The molecule has 1 saturated heterocycles. The molecule has 0 unspecified atom stereocenters. The minimum atomic E-state index is -0.0228. The van der Waals surface area contributed by atoms with E-state index >= 15 is 0 Å². The quantitative estimate of drug-likeness (QED) is 0.892. The predicted octanol–water partition coefficient (Wildman–Crippen LogP) is 3.71. The lowest BCUT2D eigenvalue weighted by molar-refractivity contribution is 0.0900. The SMILES string of the molecule is CC(C)N1CCC(NC(=O)c2ccc(Cl)c(Br)c2)CC1. The lowest BCUT2D eigenvalue weighted by Gasteiger charge is -2.34. The van der Waals surface area contributed by atoms with Gasteiger partial charge in [0.05, 0.1) is 5.02 Å². The van der Waals surface area contributed by atoms with Gasteiger partial charge < -0.3 is 10.2 Å². The molecule has 3 nitrogen and oxygen atoms in total. The monoisotopic (exact) mass is 358 g/mol. The van der Waals surface area contributed by atoms with Crippen molar-refractivity contribution in [2.24, 2.45) is 0 Å². The number of nitrogens with one attached hydrogen (secondary N) is 1. The first kappa shape index (κ1) is 15.8. The first-order valence-corrected chi connectivity index (χ1v) is 8.14. The summed E-state index contributed by atoms with van der Waals surface area (Å²) in [5.41, 5.74) is 0.646. The van der Waals surface area contributed by atoms with Crippen LogP contribution in [0.15, 0.2) is 22.7 Å². The van der Waals surface area contributed by atoms with Crippen LogP contribution >= 0.6 is 27.5 Å². The number of halogens is 2. The molecule has 2 rings (SSSR count). The molecular weight excluding hydrogens is 340 g/mol. The fourth-order valence-electron chi connectivity index (χ4n) is 2.47. The van der Waals surface area contributed by atoms with Crippen LogP contribution in [0.1, 0.15) is 37.0 Å². The number of piperidine rings is 1. The molecule has 1 fully saturated rings. The Morgan fingerprint density at radius 2 is 2.05 bits per heavy atom. The third kappa shape index (κ3) is 3.96. The number of carbonyl (C=O) groups is 1. The van der Waals surface area contributed by atoms with Gasteiger partial charge in [-0.1, -0.05) is 11.6 Å². The standard InChI is InChI=1S/C15H20BrClN2O/c1-10(2)19-7-5-12(6-8-19)18-15(20)11-3-4-14(17)13(16)9-11/h3-4,9-10,12H,5-8H2,1-2H3,(H,18,20). The fraction of sp³-hybridized carbons (Fsp3) is 0.533. The van der Waals surface area contributed by atoms with E-state index in [4.69, 9.17) is 11.6 Å². The molecule has 0 spiro atoms. The van der Waals surface area contributed by atoms with E-state index in [-0.39, 0.29) is 11.9 Å². The normalized spacial score (nSPS) is 17.4. The van der Waals surface area contributed by atoms with Gasteiger partial charge in [0.15, 0.2) is 0 Å². The van der Waals surface area contributed by atoms with Crippen LogP contribution in [0.2, 0.25) is 5.02 Å². The first-order valence-electron chi connectivity index (χ1n) is 6.97. The van der Waals surface area contributed by atoms with E-state index in [0.29, 0.717) is 16.6 Å².